The van der Waals surface area contributed by atoms with Crippen molar-refractivity contribution in [1.82, 2.24) is 0 Å². The maximum atomic E-state index is 12.3. The molecule has 0 unspecified atom stereocenters. The van der Waals surface area contributed by atoms with Crippen molar-refractivity contribution in [3.05, 3.63) is 41.5 Å². The summed E-state index contributed by atoms with van der Waals surface area (Å²) in [5.41, 5.74) is 1.75. The largest absolute Gasteiger partial charge is 1.00 e. The molecule has 0 aliphatic heterocycles. The monoisotopic (exact) mass is 566 g/mol. The van der Waals surface area contributed by atoms with Crippen LogP contribution < -0.4 is 29.6 Å². The van der Waals surface area contributed by atoms with E-state index in [0.717, 1.165) is 54.0 Å². The Morgan fingerprint density at radius 1 is 0.564 bits per heavy atom. The van der Waals surface area contributed by atoms with Crippen molar-refractivity contribution in [2.45, 2.75) is 160 Å². The van der Waals surface area contributed by atoms with Gasteiger partial charge in [-0.15, -0.1) is 0 Å². The third kappa shape index (κ3) is 14.9. The molecule has 0 fully saturated rings. The Labute approximate surface area is 263 Å². The van der Waals surface area contributed by atoms with Gasteiger partial charge in [-0.1, -0.05) is 154 Å². The molecule has 0 saturated heterocycles. The standard InChI is InChI=1S/C34H56O3S.Na/c1-3-5-7-9-11-13-15-17-19-21-25-30-29-34(38(35,36)37)33(32-27-24-23-26-31(30)32)28-22-20-18-16-14-12-10-8-6-4-2;/h23-24,26-27,29H,3-22,25,28H2,1-2H3,(H,35,36,37);/q;+1/p-1. The van der Waals surface area contributed by atoms with Crippen LogP contribution in [-0.4, -0.2) is 13.0 Å². The Balaban J connectivity index is 0.00000760. The van der Waals surface area contributed by atoms with Gasteiger partial charge < -0.3 is 4.55 Å². The Kier molecular flexibility index (Phi) is 20.9. The molecule has 39 heavy (non-hydrogen) atoms. The molecule has 0 N–H and O–H groups in total. The predicted octanol–water partition coefficient (Wildman–Crippen LogP) is 7.67. The second-order valence-corrected chi connectivity index (χ2v) is 12.7. The number of hydrogen-bond donors (Lipinski definition) is 0. The normalized spacial score (nSPS) is 11.7. The Bertz CT molecular complexity index is 1000. The topological polar surface area (TPSA) is 57.2 Å². The van der Waals surface area contributed by atoms with Gasteiger partial charge in [-0.25, -0.2) is 8.42 Å². The molecule has 216 valence electrons. The number of benzene rings is 2. The molecule has 5 heteroatoms. The van der Waals surface area contributed by atoms with Gasteiger partial charge in [0.25, 0.3) is 0 Å². The van der Waals surface area contributed by atoms with Crippen LogP contribution in [0.5, 0.6) is 0 Å². The SMILES string of the molecule is CCCCCCCCCCCCc1cc(S(=O)(=O)[O-])c(CCCCCCCCCCCC)c2ccccc12.[Na+]. The van der Waals surface area contributed by atoms with Crippen LogP contribution in [0.4, 0.5) is 0 Å². The van der Waals surface area contributed by atoms with Crippen molar-refractivity contribution >= 4 is 20.9 Å². The first-order valence-corrected chi connectivity index (χ1v) is 17.4. The van der Waals surface area contributed by atoms with E-state index in [-0.39, 0.29) is 34.5 Å². The van der Waals surface area contributed by atoms with Gasteiger partial charge in [-0.2, -0.15) is 0 Å². The van der Waals surface area contributed by atoms with Crippen molar-refractivity contribution in [2.75, 3.05) is 0 Å². The zero-order valence-corrected chi connectivity index (χ0v) is 28.4. The van der Waals surface area contributed by atoms with E-state index in [9.17, 15) is 13.0 Å². The van der Waals surface area contributed by atoms with Gasteiger partial charge in [-0.05, 0) is 53.6 Å². The Hall–Kier alpha value is -0.390. The van der Waals surface area contributed by atoms with E-state index in [1.165, 1.54) is 103 Å². The molecule has 3 nitrogen and oxygen atoms in total. The molecule has 0 saturated carbocycles. The van der Waals surface area contributed by atoms with E-state index in [2.05, 4.69) is 19.9 Å². The van der Waals surface area contributed by atoms with Gasteiger partial charge >= 0.3 is 29.6 Å². The van der Waals surface area contributed by atoms with Crippen molar-refractivity contribution in [3.8, 4) is 0 Å². The van der Waals surface area contributed by atoms with E-state index < -0.39 is 10.1 Å². The first kappa shape index (κ1) is 36.6. The Morgan fingerprint density at radius 3 is 1.38 bits per heavy atom. The van der Waals surface area contributed by atoms with Crippen LogP contribution in [0.25, 0.3) is 10.8 Å². The predicted molar refractivity (Wildman–Crippen MR) is 163 cm³/mol. The summed E-state index contributed by atoms with van der Waals surface area (Å²) < 4.78 is 37.0. The van der Waals surface area contributed by atoms with Gasteiger partial charge in [0, 0.05) is 0 Å². The molecular weight excluding hydrogens is 511 g/mol. The van der Waals surface area contributed by atoms with Gasteiger partial charge in [0.15, 0.2) is 0 Å². The number of hydrogen-bond acceptors (Lipinski definition) is 3. The van der Waals surface area contributed by atoms with Gasteiger partial charge in [-0.3, -0.25) is 0 Å². The zero-order chi connectivity index (χ0) is 27.5. The second-order valence-electron chi connectivity index (χ2n) is 11.4. The van der Waals surface area contributed by atoms with Gasteiger partial charge in [0.2, 0.25) is 0 Å². The van der Waals surface area contributed by atoms with Gasteiger partial charge in [0.05, 0.1) is 4.90 Å². The van der Waals surface area contributed by atoms with Crippen molar-refractivity contribution < 1.29 is 42.5 Å². The fourth-order valence-electron chi connectivity index (χ4n) is 5.76. The first-order chi connectivity index (χ1) is 18.5. The minimum atomic E-state index is -4.51. The van der Waals surface area contributed by atoms with Crippen LogP contribution in [-0.2, 0) is 23.0 Å². The molecule has 0 aromatic heterocycles. The molecule has 2 rings (SSSR count). The minimum absolute atomic E-state index is 0. The summed E-state index contributed by atoms with van der Waals surface area (Å²) in [5, 5.41) is 2.08. The molecule has 2 aromatic carbocycles. The van der Waals surface area contributed by atoms with Crippen LogP contribution >= 0.6 is 0 Å². The summed E-state index contributed by atoms with van der Waals surface area (Å²) in [4.78, 5) is 0.0224. The summed E-state index contributed by atoms with van der Waals surface area (Å²) in [5.74, 6) is 0. The molecule has 0 atom stereocenters. The van der Waals surface area contributed by atoms with Crippen molar-refractivity contribution in [2.24, 2.45) is 0 Å². The number of unbranched alkanes of at least 4 members (excludes halogenated alkanes) is 18. The first-order valence-electron chi connectivity index (χ1n) is 16.0. The number of fused-ring (bicyclic) bond motifs is 1. The summed E-state index contributed by atoms with van der Waals surface area (Å²) in [7, 11) is -4.51. The second kappa shape index (κ2) is 22.2. The molecular formula is C34H55NaO3S. The Morgan fingerprint density at radius 2 is 0.949 bits per heavy atom. The van der Waals surface area contributed by atoms with Crippen LogP contribution in [0, 0.1) is 0 Å². The summed E-state index contributed by atoms with van der Waals surface area (Å²) in [6, 6.07) is 9.82. The van der Waals surface area contributed by atoms with Crippen molar-refractivity contribution in [3.63, 3.8) is 0 Å². The molecule has 0 spiro atoms. The van der Waals surface area contributed by atoms with Crippen LogP contribution in [0.3, 0.4) is 0 Å². The quantitative estimate of drug-likeness (QED) is 0.0788. The maximum absolute atomic E-state index is 12.3. The fourth-order valence-corrected chi connectivity index (χ4v) is 6.56. The smallest absolute Gasteiger partial charge is 0.744 e. The third-order valence-electron chi connectivity index (χ3n) is 8.05. The fraction of sp³-hybridized carbons (Fsp3) is 0.706. The van der Waals surface area contributed by atoms with E-state index in [4.69, 9.17) is 0 Å². The molecule has 0 aliphatic rings. The van der Waals surface area contributed by atoms with E-state index in [1.807, 2.05) is 18.2 Å². The van der Waals surface area contributed by atoms with Crippen molar-refractivity contribution in [1.29, 1.82) is 0 Å². The summed E-state index contributed by atoms with van der Waals surface area (Å²) in [6.07, 6.45) is 26.6. The molecule has 0 aliphatic carbocycles. The zero-order valence-electron chi connectivity index (χ0n) is 25.6. The molecule has 0 bridgehead atoms. The molecule has 0 heterocycles. The van der Waals surface area contributed by atoms with E-state index in [1.54, 1.807) is 6.07 Å². The van der Waals surface area contributed by atoms with Gasteiger partial charge in [0.1, 0.15) is 10.1 Å². The number of rotatable bonds is 23. The molecule has 0 amide bonds. The molecule has 0 radical (unpaired) electrons. The van der Waals surface area contributed by atoms with Crippen LogP contribution in [0.1, 0.15) is 153 Å². The average Bonchev–Trinajstić information content (AvgIpc) is 2.90. The van der Waals surface area contributed by atoms with E-state index in [0.29, 0.717) is 6.42 Å². The summed E-state index contributed by atoms with van der Waals surface area (Å²) in [6.45, 7) is 4.50. The van der Waals surface area contributed by atoms with Crippen LogP contribution in [0.2, 0.25) is 0 Å². The molecule has 2 aromatic rings. The maximum Gasteiger partial charge on any atom is 1.00 e. The summed E-state index contributed by atoms with van der Waals surface area (Å²) >= 11 is 0. The average molecular weight is 567 g/mol. The van der Waals surface area contributed by atoms with E-state index >= 15 is 0 Å². The number of aryl methyl sites for hydroxylation is 2. The third-order valence-corrected chi connectivity index (χ3v) is 8.95. The van der Waals surface area contributed by atoms with Crippen LogP contribution in [0.15, 0.2) is 35.2 Å². The minimum Gasteiger partial charge on any atom is -0.744 e.